The highest BCUT2D eigenvalue weighted by molar-refractivity contribution is 5.88. The Hall–Kier alpha value is -3.13. The number of benzene rings is 1. The Balaban J connectivity index is 1.57. The fourth-order valence-corrected chi connectivity index (χ4v) is 3.67. The topological polar surface area (TPSA) is 79.7 Å². The predicted octanol–water partition coefficient (Wildman–Crippen LogP) is 1.33. The molecule has 3 rings (SSSR count). The molecule has 1 aromatic heterocycles. The zero-order valence-corrected chi connectivity index (χ0v) is 18.5. The third-order valence-corrected chi connectivity index (χ3v) is 5.51. The second-order valence-electron chi connectivity index (χ2n) is 7.74. The lowest BCUT2D eigenvalue weighted by Gasteiger charge is -2.34. The molecule has 8 heteroatoms. The number of piperazine rings is 1. The summed E-state index contributed by atoms with van der Waals surface area (Å²) in [4.78, 5) is 29.0. The number of hydrogen-bond donors (Lipinski definition) is 1. The van der Waals surface area contributed by atoms with Gasteiger partial charge >= 0.3 is 0 Å². The fraction of sp³-hybridized carbons (Fsp3) is 0.435. The lowest BCUT2D eigenvalue weighted by molar-refractivity contribution is -0.137. The Bertz CT molecular complexity index is 923. The molecule has 1 aromatic carbocycles. The van der Waals surface area contributed by atoms with Crippen LogP contribution >= 0.6 is 0 Å². The summed E-state index contributed by atoms with van der Waals surface area (Å²) in [6.45, 7) is 2.47. The van der Waals surface area contributed by atoms with E-state index in [1.165, 1.54) is 0 Å². The van der Waals surface area contributed by atoms with Gasteiger partial charge in [-0.15, -0.1) is 0 Å². The van der Waals surface area contributed by atoms with Gasteiger partial charge in [0.1, 0.15) is 5.75 Å². The van der Waals surface area contributed by atoms with Crippen molar-refractivity contribution in [3.05, 3.63) is 53.9 Å². The van der Waals surface area contributed by atoms with Crippen LogP contribution in [-0.4, -0.2) is 77.8 Å². The van der Waals surface area contributed by atoms with Crippen LogP contribution in [-0.2, 0) is 23.1 Å². The maximum Gasteiger partial charge on any atom is 0.237 e. The van der Waals surface area contributed by atoms with Crippen molar-refractivity contribution in [2.45, 2.75) is 18.9 Å². The van der Waals surface area contributed by atoms with Gasteiger partial charge in [0, 0.05) is 52.0 Å². The minimum absolute atomic E-state index is 0.0374. The van der Waals surface area contributed by atoms with Crippen molar-refractivity contribution in [3.63, 3.8) is 0 Å². The Kier molecular flexibility index (Phi) is 7.83. The number of carbonyl (C=O) groups is 2. The van der Waals surface area contributed by atoms with Gasteiger partial charge in [0.05, 0.1) is 25.8 Å². The number of para-hydroxylation sites is 1. The number of hydrogen-bond acceptors (Lipinski definition) is 5. The Labute approximate surface area is 183 Å². The fourth-order valence-electron chi connectivity index (χ4n) is 3.67. The SMILES string of the molecule is COc1ccccc1/C=C/CN1CCNC(=O)[C@@H]1CC(=O)N(C)CCc1cnn(C)c1. The second kappa shape index (κ2) is 10.8. The number of aromatic nitrogens is 2. The lowest BCUT2D eigenvalue weighted by atomic mass is 10.1. The van der Waals surface area contributed by atoms with E-state index in [2.05, 4.69) is 15.3 Å². The molecule has 0 unspecified atom stereocenters. The molecular formula is C23H31N5O3. The Morgan fingerprint density at radius 1 is 1.39 bits per heavy atom. The number of likely N-dealkylation sites (N-methyl/N-ethyl adjacent to an activating group) is 1. The average molecular weight is 426 g/mol. The van der Waals surface area contributed by atoms with Crippen molar-refractivity contribution in [2.75, 3.05) is 40.3 Å². The molecule has 2 amide bonds. The quantitative estimate of drug-likeness (QED) is 0.656. The number of nitrogens with zero attached hydrogens (tertiary/aromatic N) is 4. The van der Waals surface area contributed by atoms with Gasteiger partial charge in [-0.1, -0.05) is 30.4 Å². The number of carbonyl (C=O) groups excluding carboxylic acids is 2. The summed E-state index contributed by atoms with van der Waals surface area (Å²) in [5.41, 5.74) is 2.06. The molecule has 0 saturated carbocycles. The minimum Gasteiger partial charge on any atom is -0.496 e. The first-order valence-corrected chi connectivity index (χ1v) is 10.5. The van der Waals surface area contributed by atoms with E-state index in [0.717, 1.165) is 23.3 Å². The van der Waals surface area contributed by atoms with Gasteiger partial charge in [0.25, 0.3) is 0 Å². The molecule has 0 spiro atoms. The lowest BCUT2D eigenvalue weighted by Crippen LogP contribution is -2.56. The van der Waals surface area contributed by atoms with Crippen LogP contribution in [0.15, 0.2) is 42.7 Å². The zero-order valence-electron chi connectivity index (χ0n) is 18.5. The van der Waals surface area contributed by atoms with E-state index in [0.29, 0.717) is 26.2 Å². The molecule has 31 heavy (non-hydrogen) atoms. The van der Waals surface area contributed by atoms with E-state index in [1.807, 2.05) is 55.9 Å². The van der Waals surface area contributed by atoms with E-state index in [4.69, 9.17) is 4.74 Å². The normalized spacial score (nSPS) is 17.0. The predicted molar refractivity (Wildman–Crippen MR) is 120 cm³/mol. The van der Waals surface area contributed by atoms with Crippen LogP contribution in [0.2, 0.25) is 0 Å². The number of aryl methyl sites for hydroxylation is 1. The number of ether oxygens (including phenoxy) is 1. The van der Waals surface area contributed by atoms with Crippen molar-refractivity contribution in [2.24, 2.45) is 7.05 Å². The van der Waals surface area contributed by atoms with Crippen LogP contribution in [0.25, 0.3) is 6.08 Å². The summed E-state index contributed by atoms with van der Waals surface area (Å²) >= 11 is 0. The van der Waals surface area contributed by atoms with Crippen LogP contribution in [0.1, 0.15) is 17.5 Å². The largest absolute Gasteiger partial charge is 0.496 e. The summed E-state index contributed by atoms with van der Waals surface area (Å²) in [5, 5.41) is 7.04. The molecule has 166 valence electrons. The summed E-state index contributed by atoms with van der Waals surface area (Å²) < 4.78 is 7.13. The van der Waals surface area contributed by atoms with Gasteiger partial charge in [0.15, 0.2) is 0 Å². The first-order chi connectivity index (χ1) is 15.0. The van der Waals surface area contributed by atoms with Crippen LogP contribution in [0.4, 0.5) is 0 Å². The van der Waals surface area contributed by atoms with Crippen molar-refractivity contribution >= 4 is 17.9 Å². The van der Waals surface area contributed by atoms with Crippen LogP contribution in [0.5, 0.6) is 5.75 Å². The maximum absolute atomic E-state index is 12.8. The van der Waals surface area contributed by atoms with Crippen molar-refractivity contribution in [3.8, 4) is 5.75 Å². The molecule has 1 aliphatic heterocycles. The van der Waals surface area contributed by atoms with Gasteiger partial charge in [0.2, 0.25) is 11.8 Å². The third-order valence-electron chi connectivity index (χ3n) is 5.51. The Morgan fingerprint density at radius 3 is 2.94 bits per heavy atom. The number of amides is 2. The van der Waals surface area contributed by atoms with Gasteiger partial charge in [-0.05, 0) is 18.1 Å². The van der Waals surface area contributed by atoms with Gasteiger partial charge < -0.3 is 15.0 Å². The molecule has 1 saturated heterocycles. The van der Waals surface area contributed by atoms with Crippen LogP contribution < -0.4 is 10.1 Å². The number of rotatable bonds is 9. The first kappa shape index (κ1) is 22.6. The van der Waals surface area contributed by atoms with Crippen molar-refractivity contribution < 1.29 is 14.3 Å². The molecule has 1 N–H and O–H groups in total. The smallest absolute Gasteiger partial charge is 0.237 e. The molecule has 0 radical (unpaired) electrons. The van der Waals surface area contributed by atoms with Crippen molar-refractivity contribution in [1.82, 2.24) is 24.9 Å². The zero-order chi connectivity index (χ0) is 22.2. The highest BCUT2D eigenvalue weighted by atomic mass is 16.5. The highest BCUT2D eigenvalue weighted by Crippen LogP contribution is 2.19. The maximum atomic E-state index is 12.8. The molecule has 1 aliphatic rings. The molecular weight excluding hydrogens is 394 g/mol. The van der Waals surface area contributed by atoms with E-state index in [1.54, 1.807) is 23.7 Å². The molecule has 0 bridgehead atoms. The van der Waals surface area contributed by atoms with Crippen LogP contribution in [0, 0.1) is 0 Å². The molecule has 1 atom stereocenters. The monoisotopic (exact) mass is 425 g/mol. The summed E-state index contributed by atoms with van der Waals surface area (Å²) in [6, 6.07) is 7.31. The standard InChI is InChI=1S/C23H31N5O3/c1-26(13-10-18-16-25-27(2)17-18)22(29)15-20-23(30)24-11-14-28(20)12-6-8-19-7-4-5-9-21(19)31-3/h4-9,16-17,20H,10-15H2,1-3H3,(H,24,30)/b8-6+/t20-/m0/s1. The summed E-state index contributed by atoms with van der Waals surface area (Å²) in [6.07, 6.45) is 8.66. The molecule has 2 heterocycles. The highest BCUT2D eigenvalue weighted by Gasteiger charge is 2.31. The van der Waals surface area contributed by atoms with Gasteiger partial charge in [-0.3, -0.25) is 19.2 Å². The molecule has 0 aliphatic carbocycles. The molecule has 1 fully saturated rings. The van der Waals surface area contributed by atoms with E-state index < -0.39 is 6.04 Å². The summed E-state index contributed by atoms with van der Waals surface area (Å²) in [7, 11) is 5.30. The number of methoxy groups -OCH3 is 1. The van der Waals surface area contributed by atoms with Gasteiger partial charge in [-0.25, -0.2) is 0 Å². The van der Waals surface area contributed by atoms with E-state index in [-0.39, 0.29) is 18.2 Å². The van der Waals surface area contributed by atoms with Crippen LogP contribution in [0.3, 0.4) is 0 Å². The van der Waals surface area contributed by atoms with Gasteiger partial charge in [-0.2, -0.15) is 5.10 Å². The molecule has 2 aromatic rings. The van der Waals surface area contributed by atoms with E-state index >= 15 is 0 Å². The summed E-state index contributed by atoms with van der Waals surface area (Å²) in [5.74, 6) is 0.674. The number of nitrogens with one attached hydrogen (secondary N) is 1. The first-order valence-electron chi connectivity index (χ1n) is 10.5. The average Bonchev–Trinajstić information content (AvgIpc) is 3.19. The van der Waals surface area contributed by atoms with Crippen molar-refractivity contribution in [1.29, 1.82) is 0 Å². The third kappa shape index (κ3) is 6.18. The second-order valence-corrected chi connectivity index (χ2v) is 7.74. The van der Waals surface area contributed by atoms with E-state index in [9.17, 15) is 9.59 Å². The minimum atomic E-state index is -0.468. The Morgan fingerprint density at radius 2 is 2.19 bits per heavy atom. The molecule has 8 nitrogen and oxygen atoms in total.